The number of rotatable bonds is 6. The molecule has 1 aliphatic heterocycles. The maximum Gasteiger partial charge on any atom is 0.230 e. The Kier molecular flexibility index (Phi) is 5.79. The molecule has 7 atom stereocenters. The van der Waals surface area contributed by atoms with Crippen molar-refractivity contribution in [1.82, 2.24) is 4.90 Å². The average Bonchev–Trinajstić information content (AvgIpc) is 3.64. The van der Waals surface area contributed by atoms with Crippen LogP contribution in [0.1, 0.15) is 22.3 Å². The van der Waals surface area contributed by atoms with Gasteiger partial charge in [-0.05, 0) is 44.5 Å². The molecule has 2 fully saturated rings. The average molecular weight is 501 g/mol. The molecule has 1 amide bonds. The van der Waals surface area contributed by atoms with Crippen molar-refractivity contribution in [3.63, 3.8) is 0 Å². The Labute approximate surface area is 206 Å². The fraction of sp³-hybridized carbons (Fsp3) is 0.520. The molecule has 3 unspecified atom stereocenters. The highest BCUT2D eigenvalue weighted by molar-refractivity contribution is 6.15. The Morgan fingerprint density at radius 3 is 2.56 bits per heavy atom. The Balaban J connectivity index is 1.61. The molecule has 0 aromatic heterocycles. The quantitative estimate of drug-likeness (QED) is 0.287. The first-order valence-electron chi connectivity index (χ1n) is 11.8. The third-order valence-electron chi connectivity index (χ3n) is 7.92. The zero-order valence-electron chi connectivity index (χ0n) is 19.8. The summed E-state index contributed by atoms with van der Waals surface area (Å²) in [6.07, 6.45) is -1.36. The topological polar surface area (TPSA) is 180 Å². The highest BCUT2D eigenvalue weighted by atomic mass is 16.6. The molecule has 36 heavy (non-hydrogen) atoms. The second-order valence-corrected chi connectivity index (χ2v) is 10.2. The number of hydrogen-bond acceptors (Lipinski definition) is 10. The Hall–Kier alpha value is -3.12. The summed E-state index contributed by atoms with van der Waals surface area (Å²) >= 11 is 0. The summed E-state index contributed by atoms with van der Waals surface area (Å²) in [4.78, 5) is 53.4. The van der Waals surface area contributed by atoms with E-state index in [1.807, 2.05) is 0 Å². The Morgan fingerprint density at radius 2 is 1.94 bits per heavy atom. The largest absolute Gasteiger partial charge is 0.508 e. The van der Waals surface area contributed by atoms with E-state index in [0.717, 1.165) is 0 Å². The maximum atomic E-state index is 13.7. The van der Waals surface area contributed by atoms with Gasteiger partial charge in [0, 0.05) is 17.5 Å². The molecule has 1 aromatic rings. The first kappa shape index (κ1) is 24.6. The minimum atomic E-state index is -2.58. The zero-order chi connectivity index (χ0) is 26.1. The monoisotopic (exact) mass is 500 g/mol. The lowest BCUT2D eigenvalue weighted by Crippen LogP contribution is -2.71. The summed E-state index contributed by atoms with van der Waals surface area (Å²) in [5, 5.41) is 33.4. The van der Waals surface area contributed by atoms with E-state index >= 15 is 0 Å². The van der Waals surface area contributed by atoms with Gasteiger partial charge in [-0.3, -0.25) is 19.2 Å². The molecular formula is C25H28N2O9. The van der Waals surface area contributed by atoms with Gasteiger partial charge in [0.1, 0.15) is 30.1 Å². The minimum Gasteiger partial charge on any atom is -0.508 e. The number of hydrogen-bond donors (Lipinski definition) is 4. The molecule has 1 heterocycles. The van der Waals surface area contributed by atoms with Crippen molar-refractivity contribution in [3.8, 4) is 5.75 Å². The number of phenols is 1. The molecular weight excluding hydrogens is 472 g/mol. The molecule has 4 aliphatic rings. The van der Waals surface area contributed by atoms with E-state index in [1.54, 1.807) is 31.1 Å². The van der Waals surface area contributed by atoms with Crippen LogP contribution >= 0.6 is 0 Å². The van der Waals surface area contributed by atoms with Crippen molar-refractivity contribution >= 4 is 23.3 Å². The molecule has 0 spiro atoms. The number of ketones is 3. The lowest BCUT2D eigenvalue weighted by Gasteiger charge is -2.54. The number of nitrogens with zero attached hydrogens (tertiary/aromatic N) is 1. The standard InChI is InChI=1S/C25H28N2O9/c1-27(2)19-12-7-11-6-10-4-3-5-13(28)16(10)20(30)17(11)22(31)25(12,34)23(32)18(24(26)33)21(19)36-8-14(29)15-9-35-15/h3-5,11-12,15,18-19,21,28,31,34H,6-9H2,1-2H3,(H2,26,33)/t11-,12-,15?,18?,19-,21?,25-/m0/s1. The van der Waals surface area contributed by atoms with Crippen LogP contribution < -0.4 is 5.73 Å². The number of epoxide rings is 1. The van der Waals surface area contributed by atoms with Gasteiger partial charge >= 0.3 is 0 Å². The lowest BCUT2D eigenvalue weighted by molar-refractivity contribution is -0.185. The Morgan fingerprint density at radius 1 is 1.25 bits per heavy atom. The van der Waals surface area contributed by atoms with Crippen LogP contribution in [0.4, 0.5) is 0 Å². The number of benzene rings is 1. The highest BCUT2D eigenvalue weighted by Gasteiger charge is 2.66. The van der Waals surface area contributed by atoms with Crippen LogP contribution in [0.2, 0.25) is 0 Å². The lowest BCUT2D eigenvalue weighted by atomic mass is 9.56. The van der Waals surface area contributed by atoms with E-state index in [-0.39, 0.29) is 42.1 Å². The number of fused-ring (bicyclic) bond motifs is 3. The summed E-state index contributed by atoms with van der Waals surface area (Å²) in [6, 6.07) is 3.85. The number of carbonyl (C=O) groups excluding carboxylic acids is 4. The highest BCUT2D eigenvalue weighted by Crippen LogP contribution is 2.52. The van der Waals surface area contributed by atoms with Crippen LogP contribution in [0.5, 0.6) is 5.75 Å². The smallest absolute Gasteiger partial charge is 0.230 e. The van der Waals surface area contributed by atoms with Crippen molar-refractivity contribution in [2.24, 2.45) is 23.5 Å². The van der Waals surface area contributed by atoms with Crippen molar-refractivity contribution in [3.05, 3.63) is 40.7 Å². The van der Waals surface area contributed by atoms with E-state index < -0.39 is 71.4 Å². The molecule has 11 heteroatoms. The molecule has 3 aliphatic carbocycles. The van der Waals surface area contributed by atoms with E-state index in [4.69, 9.17) is 15.2 Å². The van der Waals surface area contributed by atoms with Crippen LogP contribution in [0.15, 0.2) is 29.5 Å². The van der Waals surface area contributed by atoms with Crippen LogP contribution in [-0.2, 0) is 30.3 Å². The van der Waals surface area contributed by atoms with E-state index in [0.29, 0.717) is 5.56 Å². The van der Waals surface area contributed by atoms with Crippen LogP contribution in [0.25, 0.3) is 0 Å². The summed E-state index contributed by atoms with van der Waals surface area (Å²) in [7, 11) is 3.33. The molecule has 5 N–H and O–H groups in total. The number of ether oxygens (including phenoxy) is 2. The second kappa shape index (κ2) is 8.48. The molecule has 11 nitrogen and oxygen atoms in total. The molecule has 1 saturated carbocycles. The second-order valence-electron chi connectivity index (χ2n) is 10.2. The van der Waals surface area contributed by atoms with E-state index in [1.165, 1.54) is 6.07 Å². The summed E-state index contributed by atoms with van der Waals surface area (Å²) in [5.74, 6) is -7.51. The minimum absolute atomic E-state index is 0.0123. The van der Waals surface area contributed by atoms with Gasteiger partial charge in [0.15, 0.2) is 23.0 Å². The van der Waals surface area contributed by atoms with Crippen molar-refractivity contribution in [2.75, 3.05) is 27.3 Å². The number of aliphatic hydroxyl groups excluding tert-OH is 1. The van der Waals surface area contributed by atoms with Gasteiger partial charge in [-0.2, -0.15) is 0 Å². The molecule has 5 rings (SSSR count). The fourth-order valence-electron chi connectivity index (χ4n) is 6.21. The first-order chi connectivity index (χ1) is 17.0. The van der Waals surface area contributed by atoms with Crippen LogP contribution in [-0.4, -0.2) is 94.6 Å². The maximum absolute atomic E-state index is 13.7. The molecule has 0 radical (unpaired) electrons. The number of phenolic OH excluding ortho intramolecular Hbond substituents is 1. The number of likely N-dealkylation sites (N-methyl/N-ethyl adjacent to an activating group) is 1. The molecule has 0 bridgehead atoms. The number of nitrogens with two attached hydrogens (primary N) is 1. The van der Waals surface area contributed by atoms with Crippen LogP contribution in [0.3, 0.4) is 0 Å². The normalized spacial score (nSPS) is 35.2. The van der Waals surface area contributed by atoms with Gasteiger partial charge < -0.3 is 35.4 Å². The number of allylic oxidation sites excluding steroid dienone is 1. The van der Waals surface area contributed by atoms with Crippen molar-refractivity contribution < 1.29 is 44.0 Å². The predicted molar refractivity (Wildman–Crippen MR) is 122 cm³/mol. The number of aromatic hydroxyl groups is 1. The van der Waals surface area contributed by atoms with Gasteiger partial charge in [-0.1, -0.05) is 12.1 Å². The molecule has 1 saturated heterocycles. The number of carbonyl (C=O) groups is 4. The predicted octanol–water partition coefficient (Wildman–Crippen LogP) is -0.722. The first-order valence-corrected chi connectivity index (χ1v) is 11.8. The Bertz CT molecular complexity index is 1200. The van der Waals surface area contributed by atoms with Gasteiger partial charge in [-0.15, -0.1) is 0 Å². The SMILES string of the molecule is CN(C)[C@@H]1C(OCC(=O)C2CO2)C(C(N)=O)C(=O)[C@@]2(O)C(O)=C3C(=O)c4c(O)cccc4C[C@H]3C[C@@H]12. The summed E-state index contributed by atoms with van der Waals surface area (Å²) in [5.41, 5.74) is 3.45. The molecule has 1 aromatic carbocycles. The van der Waals surface area contributed by atoms with E-state index in [9.17, 15) is 34.5 Å². The van der Waals surface area contributed by atoms with Crippen LogP contribution in [0, 0.1) is 17.8 Å². The number of primary amides is 1. The van der Waals surface area contributed by atoms with Crippen molar-refractivity contribution in [1.29, 1.82) is 0 Å². The third-order valence-corrected chi connectivity index (χ3v) is 7.92. The van der Waals surface area contributed by atoms with Gasteiger partial charge in [-0.25, -0.2) is 0 Å². The van der Waals surface area contributed by atoms with E-state index in [2.05, 4.69) is 0 Å². The zero-order valence-corrected chi connectivity index (χ0v) is 19.8. The summed E-state index contributed by atoms with van der Waals surface area (Å²) < 4.78 is 10.8. The third kappa shape index (κ3) is 3.49. The van der Waals surface area contributed by atoms with Gasteiger partial charge in [0.25, 0.3) is 0 Å². The van der Waals surface area contributed by atoms with Gasteiger partial charge in [0.2, 0.25) is 5.91 Å². The fourth-order valence-corrected chi connectivity index (χ4v) is 6.21. The molecule has 192 valence electrons. The number of amides is 1. The van der Waals surface area contributed by atoms with Crippen molar-refractivity contribution in [2.45, 2.75) is 36.7 Å². The van der Waals surface area contributed by atoms with Gasteiger partial charge in [0.05, 0.1) is 18.3 Å². The summed E-state index contributed by atoms with van der Waals surface area (Å²) in [6.45, 7) is -0.137. The number of aliphatic hydroxyl groups is 2. The number of Topliss-reactive ketones (excluding diaryl/α,β-unsaturated/α-hetero) is 3.